The lowest BCUT2D eigenvalue weighted by Gasteiger charge is -2.12. The van der Waals surface area contributed by atoms with Gasteiger partial charge >= 0.3 is 5.97 Å². The van der Waals surface area contributed by atoms with E-state index < -0.39 is 0 Å². The van der Waals surface area contributed by atoms with Gasteiger partial charge in [-0.2, -0.15) is 0 Å². The van der Waals surface area contributed by atoms with Gasteiger partial charge in [-0.1, -0.05) is 43.1 Å². The molecule has 0 radical (unpaired) electrons. The van der Waals surface area contributed by atoms with Crippen LogP contribution in [0.4, 0.5) is 48.6 Å². The minimum Gasteiger partial charge on any atom is -0.506 e. The normalized spacial score (nSPS) is 10.8. The molecule has 0 bridgehead atoms. The minimum atomic E-state index is -0.379. The van der Waals surface area contributed by atoms with E-state index in [1.165, 1.54) is 24.4 Å². The fourth-order valence-electron chi connectivity index (χ4n) is 12.0. The van der Waals surface area contributed by atoms with E-state index in [0.717, 1.165) is 97.9 Å². The van der Waals surface area contributed by atoms with E-state index in [-0.39, 0.29) is 71.0 Å². The van der Waals surface area contributed by atoms with E-state index in [1.54, 1.807) is 152 Å². The van der Waals surface area contributed by atoms with Crippen molar-refractivity contribution in [1.29, 1.82) is 0 Å². The third kappa shape index (κ3) is 36.3. The van der Waals surface area contributed by atoms with Crippen LogP contribution >= 0.6 is 170 Å². The number of phenolic OH excluding ortho intramolecular Hbond substituents is 7. The highest BCUT2D eigenvalue weighted by Gasteiger charge is 2.16. The lowest BCUT2D eigenvalue weighted by atomic mass is 10.1. The van der Waals surface area contributed by atoms with Crippen molar-refractivity contribution in [3.05, 3.63) is 373 Å². The van der Waals surface area contributed by atoms with Crippen molar-refractivity contribution in [1.82, 2.24) is 0 Å². The zero-order chi connectivity index (χ0) is 100. The molecule has 0 amide bonds. The van der Waals surface area contributed by atoms with Crippen LogP contribution in [0.1, 0.15) is 108 Å². The summed E-state index contributed by atoms with van der Waals surface area (Å²) in [4.78, 5) is 41.6. The van der Waals surface area contributed by atoms with E-state index in [2.05, 4.69) is 199 Å². The molecule has 14 rings (SSSR count). The molecular formula is C108H97ClF2I7N7O13. The summed E-state index contributed by atoms with van der Waals surface area (Å²) in [5.41, 5.74) is 18.1. The number of esters is 1. The first-order chi connectivity index (χ1) is 65.4. The van der Waals surface area contributed by atoms with E-state index >= 15 is 0 Å². The van der Waals surface area contributed by atoms with Crippen molar-refractivity contribution in [2.75, 3.05) is 35.0 Å². The second-order valence-corrected chi connectivity index (χ2v) is 38.1. The van der Waals surface area contributed by atoms with Crippen molar-refractivity contribution in [2.24, 2.45) is 34.9 Å². The first kappa shape index (κ1) is 114. The molecule has 0 spiro atoms. The Bertz CT molecular complexity index is 6690. The average Bonchev–Trinajstić information content (AvgIpc) is 0.823. The van der Waals surface area contributed by atoms with Gasteiger partial charge in [-0.3, -0.25) is 34.9 Å². The maximum Gasteiger partial charge on any atom is 0.338 e. The minimum absolute atomic E-state index is 0. The van der Waals surface area contributed by atoms with Crippen molar-refractivity contribution < 1.29 is 73.0 Å². The maximum atomic E-state index is 13.4. The largest absolute Gasteiger partial charge is 0.506 e. The number of methoxy groups -OCH3 is 4. The number of rotatable bonds is 20. The molecule has 138 heavy (non-hydrogen) atoms. The third-order valence-corrected chi connectivity index (χ3v) is 24.7. The Morgan fingerprint density at radius 3 is 0.957 bits per heavy atom. The Morgan fingerprint density at radius 1 is 0.355 bits per heavy atom. The van der Waals surface area contributed by atoms with Gasteiger partial charge in [-0.25, -0.2) is 13.6 Å². The molecule has 0 unspecified atom stereocenters. The van der Waals surface area contributed by atoms with E-state index in [9.17, 15) is 49.3 Å². The van der Waals surface area contributed by atoms with Gasteiger partial charge in [0.05, 0.1) is 105 Å². The molecule has 14 aromatic carbocycles. The van der Waals surface area contributed by atoms with Gasteiger partial charge in [0.1, 0.15) is 57.6 Å². The number of phenols is 7. The predicted molar refractivity (Wildman–Crippen MR) is 617 cm³/mol. The highest BCUT2D eigenvalue weighted by Crippen LogP contribution is 2.42. The number of hydrogen-bond donors (Lipinski definition) is 7. The molecule has 0 saturated carbocycles. The molecule has 20 nitrogen and oxygen atoms in total. The number of para-hydroxylation sites is 1. The summed E-state index contributed by atoms with van der Waals surface area (Å²) < 4.78 is 57.6. The van der Waals surface area contributed by atoms with E-state index in [0.29, 0.717) is 84.9 Å². The molecule has 0 saturated heterocycles. The second kappa shape index (κ2) is 57.4. The summed E-state index contributed by atoms with van der Waals surface area (Å²) in [5.74, 6) is 5.53. The molecular weight excluding hydrogens is 2570 g/mol. The van der Waals surface area contributed by atoms with Gasteiger partial charge in [-0.15, -0.1) is 6.42 Å². The number of aromatic hydroxyl groups is 7. The Hall–Kier alpha value is -11.1. The molecule has 0 atom stereocenters. The van der Waals surface area contributed by atoms with E-state index in [4.69, 9.17) is 41.7 Å². The fraction of sp³-hybridized carbons (Fsp3) is 0.130. The van der Waals surface area contributed by atoms with Crippen LogP contribution in [-0.2, 0) is 4.74 Å². The molecule has 712 valence electrons. The van der Waals surface area contributed by atoms with Crippen molar-refractivity contribution in [2.45, 2.75) is 62.8 Å². The van der Waals surface area contributed by atoms with E-state index in [1.807, 2.05) is 194 Å². The van der Waals surface area contributed by atoms with Gasteiger partial charge in [0.2, 0.25) is 5.75 Å². The fourth-order valence-corrected chi connectivity index (χ4v) is 17.8. The predicted octanol–water partition coefficient (Wildman–Crippen LogP) is 30.2. The van der Waals surface area contributed by atoms with Crippen LogP contribution in [0, 0.1) is 97.4 Å². The summed E-state index contributed by atoms with van der Waals surface area (Å²) in [5, 5.41) is 70.4. The number of terminal acetylenes is 1. The number of ether oxygens (including phenoxy) is 5. The topological polar surface area (TPSA) is 291 Å². The number of aryl methyl sites for hydroxylation is 7. The van der Waals surface area contributed by atoms with Crippen molar-refractivity contribution >= 4 is 259 Å². The molecule has 0 aromatic heterocycles. The number of hydrogen-bond acceptors (Lipinski definition) is 20. The van der Waals surface area contributed by atoms with Crippen LogP contribution < -0.4 is 18.9 Å². The number of benzene rings is 14. The van der Waals surface area contributed by atoms with Crippen LogP contribution in [0.15, 0.2) is 278 Å². The van der Waals surface area contributed by atoms with Gasteiger partial charge in [0.15, 0.2) is 11.5 Å². The quantitative estimate of drug-likeness (QED) is 0.0162. The Kier molecular flexibility index (Phi) is 47.4. The van der Waals surface area contributed by atoms with Crippen LogP contribution in [0.3, 0.4) is 0 Å². The zero-order valence-corrected chi connectivity index (χ0v) is 91.8. The van der Waals surface area contributed by atoms with Gasteiger partial charge in [0, 0.05) is 105 Å². The number of carbonyl (C=O) groups is 1. The molecule has 14 aromatic rings. The molecule has 7 N–H and O–H groups in total. The molecule has 0 aliphatic carbocycles. The molecule has 30 heteroatoms. The first-order valence-corrected chi connectivity index (χ1v) is 49.1. The van der Waals surface area contributed by atoms with Gasteiger partial charge in [0.25, 0.3) is 0 Å². The SMILES string of the molecule is C.C#Cc1cccc(N=Cc2cc(C)cc(I)c2O)c1.CCOC(=O)c1ccc(N=Cc2cc(C)cc(I)c2O)cc1.COc1cc(N=Cc2cc(C)cc(I)c2O)cc(OC)c1OC.COc1ccc(N=Cc2cc(C)cc(I)c2O)cc1.Cc1cc(I)c(O)c(C=Nc2ccc(Cl)cc2)c1.Cc1cc(I)c(O)c(C=Nc2ccc(F)cc2)c1.Cc1cc(I)c(O)c(C=Nc2ccccc2F)c1. The third-order valence-electron chi connectivity index (χ3n) is 18.7. The first-order valence-electron chi connectivity index (χ1n) is 41.2. The lowest BCUT2D eigenvalue weighted by Crippen LogP contribution is -2.03. The number of halogens is 10. The molecule has 0 aliphatic rings. The average molecular weight is 2660 g/mol. The number of aliphatic imine (C=N–C) groups is 7. The summed E-state index contributed by atoms with van der Waals surface area (Å²) >= 11 is 20.4. The monoisotopic (exact) mass is 2660 g/mol. The second-order valence-electron chi connectivity index (χ2n) is 29.5. The summed E-state index contributed by atoms with van der Waals surface area (Å²) in [7, 11) is 6.29. The molecule has 0 fully saturated rings. The number of carbonyl (C=O) groups excluding carboxylic acids is 1. The highest BCUT2D eigenvalue weighted by atomic mass is 127. The Labute approximate surface area is 903 Å². The maximum absolute atomic E-state index is 13.4. The van der Waals surface area contributed by atoms with Crippen LogP contribution in [0.5, 0.6) is 63.2 Å². The van der Waals surface area contributed by atoms with Crippen molar-refractivity contribution in [3.63, 3.8) is 0 Å². The van der Waals surface area contributed by atoms with Crippen LogP contribution in [0.2, 0.25) is 5.02 Å². The Balaban J connectivity index is 0.000000219. The standard InChI is InChI=1S/C17H18INO4.C17H16INO3.C16H12INO.C15H14INO2.C14H11ClINO.2C14H11FINO.CH4/c1-10-5-11(16(20)13(18)6-10)9-19-12-7-14(21-2)17(23-4)15(8-12)22-3;1-3-22-17(21)12-4-6-14(7-5-12)19-10-13-8-11(2)9-15(18)16(13)20;1-3-12-5-4-6-14(9-12)18-10-13-7-11(2)8-15(17)16(13)19;1-10-7-11(15(18)14(16)8-10)9-17-12-3-5-13(19-2)6-4-12;2*1-9-6-10(14(18)13(16)7-9)8-17-12-4-2-11(15)3-5-12;1-9-6-10(14(18)12(16)7-9)8-17-13-5-3-2-4-11(13)15;/h5-9,20H,1-4H3;4-10,20H,3H2,1-2H3;1,4-10,19H,2H3;3-9,18H,1-2H3;3*2-8,18H,1H3;1H4. The Morgan fingerprint density at radius 2 is 0.652 bits per heavy atom. The molecule has 0 aliphatic heterocycles. The van der Waals surface area contributed by atoms with Crippen LogP contribution in [-0.4, -0.2) is 120 Å². The summed E-state index contributed by atoms with van der Waals surface area (Å²) in [6.45, 7) is 15.9. The van der Waals surface area contributed by atoms with Crippen LogP contribution in [0.25, 0.3) is 0 Å². The smallest absolute Gasteiger partial charge is 0.338 e. The summed E-state index contributed by atoms with van der Waals surface area (Å²) in [6, 6.07) is 71.0. The molecule has 0 heterocycles. The lowest BCUT2D eigenvalue weighted by molar-refractivity contribution is 0.0526. The highest BCUT2D eigenvalue weighted by molar-refractivity contribution is 14.1. The van der Waals surface area contributed by atoms with Gasteiger partial charge in [-0.05, 0) is 465 Å². The zero-order valence-electron chi connectivity index (χ0n) is 75.9. The number of nitrogens with zero attached hydrogens (tertiary/aromatic N) is 7. The van der Waals surface area contributed by atoms with Gasteiger partial charge < -0.3 is 59.4 Å². The summed E-state index contributed by atoms with van der Waals surface area (Å²) in [6.07, 6.45) is 16.6. The van der Waals surface area contributed by atoms with Crippen molar-refractivity contribution in [3.8, 4) is 75.6 Å².